The molecule has 10 rings (SSSR count). The predicted molar refractivity (Wildman–Crippen MR) is 245 cm³/mol. The van der Waals surface area contributed by atoms with E-state index >= 15 is 0 Å². The van der Waals surface area contributed by atoms with E-state index in [2.05, 4.69) is 241 Å². The topological polar surface area (TPSA) is 3.24 Å². The molecule has 0 radical (unpaired) electrons. The molecule has 1 aliphatic heterocycles. The summed E-state index contributed by atoms with van der Waals surface area (Å²) < 4.78 is 0. The van der Waals surface area contributed by atoms with Crippen LogP contribution in [-0.4, -0.2) is 8.07 Å². The van der Waals surface area contributed by atoms with Crippen LogP contribution in [0.3, 0.4) is 0 Å². The molecule has 57 heavy (non-hydrogen) atoms. The largest absolute Gasteiger partial charge is 0.311 e. The summed E-state index contributed by atoms with van der Waals surface area (Å²) in [6.45, 7) is 0. The van der Waals surface area contributed by atoms with Crippen LogP contribution in [0.4, 0.5) is 17.1 Å². The fourth-order valence-electron chi connectivity index (χ4n) is 8.56. The molecule has 0 spiro atoms. The van der Waals surface area contributed by atoms with E-state index in [0.29, 0.717) is 0 Å². The first kappa shape index (κ1) is 34.8. The predicted octanol–water partition coefficient (Wildman–Crippen LogP) is 12.0. The van der Waals surface area contributed by atoms with Gasteiger partial charge in [0.1, 0.15) is 0 Å². The Bertz CT molecular complexity index is 2650. The van der Waals surface area contributed by atoms with Gasteiger partial charge in [-0.15, -0.1) is 0 Å². The maximum absolute atomic E-state index is 2.65. The molecular weight excluding hydrogens is 723 g/mol. The first-order chi connectivity index (χ1) is 28.3. The number of rotatable bonds is 8. The highest BCUT2D eigenvalue weighted by atomic mass is 32.2. The summed E-state index contributed by atoms with van der Waals surface area (Å²) in [5, 5.41) is 5.72. The van der Waals surface area contributed by atoms with Crippen molar-refractivity contribution in [1.29, 1.82) is 0 Å². The highest BCUT2D eigenvalue weighted by Gasteiger charge is 2.47. The number of nitrogens with zero attached hydrogens (tertiary/aromatic N) is 1. The lowest BCUT2D eigenvalue weighted by molar-refractivity contribution is 1.28. The standard InChI is InChI=1S/C54H39NSSi/c1-5-16-40(17-6-1)42-28-34-45(35-29-42)55(46-36-30-43(31-37-46)41-18-7-2-8-19-41)47-38-32-44(33-39-47)50-24-15-27-53-54(50)56-51-25-13-14-26-52(51)57(53,48-20-9-3-10-21-48)49-22-11-4-12-23-49/h1-39H. The number of fused-ring (bicyclic) bond motifs is 2. The van der Waals surface area contributed by atoms with Gasteiger partial charge in [-0.2, -0.15) is 0 Å². The zero-order valence-electron chi connectivity index (χ0n) is 31.4. The van der Waals surface area contributed by atoms with Crippen LogP contribution >= 0.6 is 11.8 Å². The third kappa shape index (κ3) is 6.32. The van der Waals surface area contributed by atoms with Gasteiger partial charge in [0.2, 0.25) is 0 Å². The minimum atomic E-state index is -2.65. The van der Waals surface area contributed by atoms with Gasteiger partial charge in [-0.1, -0.05) is 206 Å². The molecule has 0 N–H and O–H groups in total. The van der Waals surface area contributed by atoms with Crippen molar-refractivity contribution in [2.24, 2.45) is 0 Å². The Balaban J connectivity index is 1.09. The molecule has 0 fully saturated rings. The van der Waals surface area contributed by atoms with Gasteiger partial charge in [-0.25, -0.2) is 0 Å². The van der Waals surface area contributed by atoms with Crippen LogP contribution in [0.5, 0.6) is 0 Å². The highest BCUT2D eigenvalue weighted by Crippen LogP contribution is 2.42. The SMILES string of the molecule is c1ccc(-c2ccc(N(c3ccc(-c4ccccc4)cc3)c3ccc(-c4cccc5c4Sc4ccccc4[Si]5(c4ccccc4)c4ccccc4)cc3)cc2)cc1. The van der Waals surface area contributed by atoms with Gasteiger partial charge >= 0.3 is 0 Å². The van der Waals surface area contributed by atoms with Gasteiger partial charge in [0.25, 0.3) is 0 Å². The van der Waals surface area contributed by atoms with E-state index in [9.17, 15) is 0 Å². The second-order valence-corrected chi connectivity index (χ2v) is 19.3. The van der Waals surface area contributed by atoms with Crippen LogP contribution in [0.15, 0.2) is 246 Å². The van der Waals surface area contributed by atoms with Crippen LogP contribution in [0.1, 0.15) is 0 Å². The van der Waals surface area contributed by atoms with E-state index < -0.39 is 8.07 Å². The smallest absolute Gasteiger partial charge is 0.181 e. The van der Waals surface area contributed by atoms with Crippen molar-refractivity contribution < 1.29 is 0 Å². The fraction of sp³-hybridized carbons (Fsp3) is 0. The van der Waals surface area contributed by atoms with Crippen molar-refractivity contribution in [3.05, 3.63) is 237 Å². The van der Waals surface area contributed by atoms with E-state index in [1.165, 1.54) is 63.9 Å². The molecule has 0 saturated heterocycles. The monoisotopic (exact) mass is 761 g/mol. The molecule has 1 nitrogen and oxygen atoms in total. The zero-order chi connectivity index (χ0) is 38.0. The lowest BCUT2D eigenvalue weighted by Gasteiger charge is -2.40. The Morgan fingerprint density at radius 2 is 0.684 bits per heavy atom. The van der Waals surface area contributed by atoms with Gasteiger partial charge in [-0.05, 0) is 96.6 Å². The maximum Gasteiger partial charge on any atom is 0.181 e. The van der Waals surface area contributed by atoms with Gasteiger partial charge in [0.15, 0.2) is 8.07 Å². The first-order valence-electron chi connectivity index (χ1n) is 19.5. The number of hydrogen-bond donors (Lipinski definition) is 0. The summed E-state index contributed by atoms with van der Waals surface area (Å²) >= 11 is 1.92. The summed E-state index contributed by atoms with van der Waals surface area (Å²) in [5.41, 5.74) is 10.6. The van der Waals surface area contributed by atoms with Gasteiger partial charge in [-0.3, -0.25) is 0 Å². The molecule has 1 aliphatic rings. The fourth-order valence-corrected chi connectivity index (χ4v) is 15.7. The molecule has 0 bridgehead atoms. The molecule has 0 aliphatic carbocycles. The first-order valence-corrected chi connectivity index (χ1v) is 22.3. The van der Waals surface area contributed by atoms with Crippen LogP contribution < -0.4 is 25.6 Å². The van der Waals surface area contributed by atoms with E-state index in [-0.39, 0.29) is 0 Å². The normalized spacial score (nSPS) is 12.6. The molecule has 9 aromatic rings. The molecule has 0 amide bonds. The second kappa shape index (κ2) is 15.1. The Morgan fingerprint density at radius 1 is 0.298 bits per heavy atom. The highest BCUT2D eigenvalue weighted by molar-refractivity contribution is 8.00. The minimum Gasteiger partial charge on any atom is -0.311 e. The Morgan fingerprint density at radius 3 is 1.18 bits per heavy atom. The molecule has 270 valence electrons. The average Bonchev–Trinajstić information content (AvgIpc) is 3.30. The molecule has 3 heteroatoms. The number of anilines is 3. The van der Waals surface area contributed by atoms with Crippen molar-refractivity contribution >= 4 is 57.6 Å². The van der Waals surface area contributed by atoms with Crippen molar-refractivity contribution in [2.45, 2.75) is 9.79 Å². The van der Waals surface area contributed by atoms with Crippen molar-refractivity contribution in [1.82, 2.24) is 0 Å². The molecule has 0 unspecified atom stereocenters. The van der Waals surface area contributed by atoms with Crippen LogP contribution in [0, 0.1) is 0 Å². The van der Waals surface area contributed by atoms with E-state index in [1.807, 2.05) is 11.8 Å². The van der Waals surface area contributed by atoms with Gasteiger partial charge in [0, 0.05) is 26.9 Å². The lowest BCUT2D eigenvalue weighted by Crippen LogP contribution is -2.76. The maximum atomic E-state index is 2.41. The molecule has 9 aromatic carbocycles. The van der Waals surface area contributed by atoms with Crippen molar-refractivity contribution in [3.8, 4) is 33.4 Å². The van der Waals surface area contributed by atoms with Crippen LogP contribution in [-0.2, 0) is 0 Å². The summed E-state index contributed by atoms with van der Waals surface area (Å²) in [5.74, 6) is 0. The van der Waals surface area contributed by atoms with Crippen LogP contribution in [0.25, 0.3) is 33.4 Å². The molecule has 1 heterocycles. The number of benzene rings is 9. The summed E-state index contributed by atoms with van der Waals surface area (Å²) in [6.07, 6.45) is 0. The molecule has 0 aromatic heterocycles. The quantitative estimate of drug-likeness (QED) is 0.142. The minimum absolute atomic E-state index is 1.11. The number of hydrogen-bond acceptors (Lipinski definition) is 2. The Kier molecular flexibility index (Phi) is 9.23. The van der Waals surface area contributed by atoms with Crippen molar-refractivity contribution in [2.75, 3.05) is 4.90 Å². The van der Waals surface area contributed by atoms with E-state index in [1.54, 1.807) is 0 Å². The van der Waals surface area contributed by atoms with E-state index in [4.69, 9.17) is 0 Å². The summed E-state index contributed by atoms with van der Waals surface area (Å²) in [6, 6.07) is 86.8. The second-order valence-electron chi connectivity index (χ2n) is 14.5. The average molecular weight is 762 g/mol. The summed E-state index contributed by atoms with van der Waals surface area (Å²) in [7, 11) is -2.65. The Labute approximate surface area is 340 Å². The third-order valence-corrected chi connectivity index (χ3v) is 17.7. The van der Waals surface area contributed by atoms with E-state index in [0.717, 1.165) is 17.1 Å². The van der Waals surface area contributed by atoms with Crippen LogP contribution in [0.2, 0.25) is 0 Å². The van der Waals surface area contributed by atoms with Gasteiger partial charge < -0.3 is 4.90 Å². The molecule has 0 saturated carbocycles. The Hall–Kier alpha value is -6.65. The summed E-state index contributed by atoms with van der Waals surface area (Å²) in [4.78, 5) is 5.06. The molecule has 0 atom stereocenters. The molecular formula is C54H39NSSi. The third-order valence-electron chi connectivity index (χ3n) is 11.2. The lowest BCUT2D eigenvalue weighted by atomic mass is 10.0. The zero-order valence-corrected chi connectivity index (χ0v) is 33.2. The van der Waals surface area contributed by atoms with Crippen molar-refractivity contribution in [3.63, 3.8) is 0 Å². The van der Waals surface area contributed by atoms with Gasteiger partial charge in [0.05, 0.1) is 0 Å².